The fraction of sp³-hybridized carbons (Fsp3) is 0.263. The molecule has 2 heterocycles. The Labute approximate surface area is 181 Å². The number of carboxylic acid groups (broad SMARTS) is 2. The SMILES string of the molecule is Cc1c(Sc2ccc(C(=O)N[C@@H](CCC(=O)O)C(=O)O)cc2)[nH]c2c1C(N)N=C(N)N2. The second-order valence-corrected chi connectivity index (χ2v) is 7.96. The summed E-state index contributed by atoms with van der Waals surface area (Å²) in [7, 11) is 0. The van der Waals surface area contributed by atoms with Gasteiger partial charge in [0.25, 0.3) is 5.91 Å². The van der Waals surface area contributed by atoms with Crippen molar-refractivity contribution in [2.45, 2.75) is 41.9 Å². The van der Waals surface area contributed by atoms with Crippen molar-refractivity contribution in [3.05, 3.63) is 41.0 Å². The number of carbonyl (C=O) groups is 3. The zero-order chi connectivity index (χ0) is 22.7. The van der Waals surface area contributed by atoms with Gasteiger partial charge in [0.1, 0.15) is 18.0 Å². The lowest BCUT2D eigenvalue weighted by atomic mass is 10.1. The highest BCUT2D eigenvalue weighted by atomic mass is 32.2. The zero-order valence-electron chi connectivity index (χ0n) is 16.5. The lowest BCUT2D eigenvalue weighted by Crippen LogP contribution is -2.41. The average Bonchev–Trinajstić information content (AvgIpc) is 3.00. The first-order valence-electron chi connectivity index (χ1n) is 9.27. The van der Waals surface area contributed by atoms with Gasteiger partial charge in [0, 0.05) is 22.4 Å². The lowest BCUT2D eigenvalue weighted by Gasteiger charge is -2.17. The number of benzene rings is 1. The summed E-state index contributed by atoms with van der Waals surface area (Å²) in [6, 6.07) is 5.30. The number of H-pyrrole nitrogens is 1. The van der Waals surface area contributed by atoms with Crippen molar-refractivity contribution in [3.8, 4) is 0 Å². The van der Waals surface area contributed by atoms with Crippen LogP contribution in [0.3, 0.4) is 0 Å². The van der Waals surface area contributed by atoms with E-state index in [-0.39, 0.29) is 24.4 Å². The molecule has 0 aliphatic carbocycles. The van der Waals surface area contributed by atoms with Crippen LogP contribution in [0.15, 0.2) is 39.2 Å². The quantitative estimate of drug-likeness (QED) is 0.312. The van der Waals surface area contributed by atoms with Crippen molar-refractivity contribution < 1.29 is 24.6 Å². The van der Waals surface area contributed by atoms with E-state index in [1.807, 2.05) is 6.92 Å². The maximum absolute atomic E-state index is 12.3. The first-order valence-corrected chi connectivity index (χ1v) is 10.1. The van der Waals surface area contributed by atoms with E-state index >= 15 is 0 Å². The van der Waals surface area contributed by atoms with Crippen LogP contribution in [-0.4, -0.2) is 45.0 Å². The van der Waals surface area contributed by atoms with Crippen LogP contribution < -0.4 is 22.1 Å². The number of guanidine groups is 1. The van der Waals surface area contributed by atoms with Gasteiger partial charge in [0.2, 0.25) is 0 Å². The van der Waals surface area contributed by atoms with E-state index in [0.717, 1.165) is 21.0 Å². The molecule has 0 bridgehead atoms. The Balaban J connectivity index is 1.68. The molecule has 3 rings (SSSR count). The first kappa shape index (κ1) is 22.2. The van der Waals surface area contributed by atoms with Crippen molar-refractivity contribution in [1.82, 2.24) is 10.3 Å². The van der Waals surface area contributed by atoms with Crippen molar-refractivity contribution in [2.24, 2.45) is 16.5 Å². The number of hydrogen-bond donors (Lipinski definition) is 7. The molecule has 0 fully saturated rings. The molecule has 164 valence electrons. The normalized spacial score (nSPS) is 15.9. The standard InChI is InChI=1S/C19H22N6O5S/c1-8-13-14(20)23-19(21)25-15(13)24-17(8)31-10-4-2-9(3-5-10)16(28)22-11(18(29)30)6-7-12(26)27/h2-5,11,14,24H,6-7,20H2,1H3,(H,22,28)(H,26,27)(H,29,30)(H3,21,23,25)/t11-,14?/m0/s1. The number of anilines is 1. The second kappa shape index (κ2) is 9.10. The van der Waals surface area contributed by atoms with Crippen LogP contribution in [0.4, 0.5) is 5.82 Å². The minimum atomic E-state index is -1.29. The van der Waals surface area contributed by atoms with E-state index in [0.29, 0.717) is 5.82 Å². The number of aromatic nitrogens is 1. The molecule has 1 aliphatic rings. The Bertz CT molecular complexity index is 1050. The number of nitrogens with two attached hydrogens (primary N) is 2. The Morgan fingerprint density at radius 1 is 1.26 bits per heavy atom. The van der Waals surface area contributed by atoms with Gasteiger partial charge in [-0.25, -0.2) is 9.79 Å². The fourth-order valence-corrected chi connectivity index (χ4v) is 4.01. The summed E-state index contributed by atoms with van der Waals surface area (Å²) >= 11 is 1.43. The van der Waals surface area contributed by atoms with Crippen LogP contribution in [0.2, 0.25) is 0 Å². The molecule has 11 nitrogen and oxygen atoms in total. The molecular weight excluding hydrogens is 424 g/mol. The number of carboxylic acids is 2. The number of aliphatic carboxylic acids is 2. The number of amides is 1. The molecular formula is C19H22N6O5S. The number of fused-ring (bicyclic) bond motifs is 1. The van der Waals surface area contributed by atoms with E-state index in [1.165, 1.54) is 11.8 Å². The van der Waals surface area contributed by atoms with E-state index in [4.69, 9.17) is 16.6 Å². The van der Waals surface area contributed by atoms with Gasteiger partial charge < -0.3 is 37.3 Å². The number of aromatic amines is 1. The maximum atomic E-state index is 12.3. The van der Waals surface area contributed by atoms with Crippen LogP contribution in [0, 0.1) is 6.92 Å². The molecule has 1 aliphatic heterocycles. The third-order valence-electron chi connectivity index (χ3n) is 4.67. The summed E-state index contributed by atoms with van der Waals surface area (Å²) in [6.45, 7) is 1.92. The highest BCUT2D eigenvalue weighted by molar-refractivity contribution is 7.99. The highest BCUT2D eigenvalue weighted by Gasteiger charge is 2.25. The molecule has 1 aromatic carbocycles. The Hall–Kier alpha value is -3.51. The van der Waals surface area contributed by atoms with E-state index in [9.17, 15) is 19.5 Å². The minimum absolute atomic E-state index is 0.203. The van der Waals surface area contributed by atoms with Crippen molar-refractivity contribution in [2.75, 3.05) is 5.32 Å². The van der Waals surface area contributed by atoms with Gasteiger partial charge in [-0.15, -0.1) is 0 Å². The van der Waals surface area contributed by atoms with Gasteiger partial charge >= 0.3 is 11.9 Å². The van der Waals surface area contributed by atoms with Crippen molar-refractivity contribution >= 4 is 41.4 Å². The van der Waals surface area contributed by atoms with Crippen LogP contribution in [0.25, 0.3) is 0 Å². The summed E-state index contributed by atoms with van der Waals surface area (Å²) in [5.74, 6) is -2.09. The summed E-state index contributed by atoms with van der Waals surface area (Å²) < 4.78 is 0. The third-order valence-corrected chi connectivity index (χ3v) is 5.79. The number of carbonyl (C=O) groups excluding carboxylic acids is 1. The zero-order valence-corrected chi connectivity index (χ0v) is 17.3. The van der Waals surface area contributed by atoms with Gasteiger partial charge in [-0.3, -0.25) is 9.59 Å². The summed E-state index contributed by atoms with van der Waals surface area (Å²) in [6.07, 6.45) is -1.12. The molecule has 0 saturated carbocycles. The third kappa shape index (κ3) is 5.16. The molecule has 12 heteroatoms. The molecule has 31 heavy (non-hydrogen) atoms. The number of rotatable bonds is 8. The smallest absolute Gasteiger partial charge is 0.326 e. The highest BCUT2D eigenvalue weighted by Crippen LogP contribution is 2.38. The summed E-state index contributed by atoms with van der Waals surface area (Å²) in [5.41, 5.74) is 13.8. The molecule has 0 spiro atoms. The largest absolute Gasteiger partial charge is 0.481 e. The molecule has 0 saturated heterocycles. The van der Waals surface area contributed by atoms with Crippen molar-refractivity contribution in [1.29, 1.82) is 0 Å². The average molecular weight is 446 g/mol. The predicted molar refractivity (Wildman–Crippen MR) is 114 cm³/mol. The molecule has 1 aromatic heterocycles. The Kier molecular flexibility index (Phi) is 6.51. The molecule has 0 radical (unpaired) electrons. The van der Waals surface area contributed by atoms with Gasteiger partial charge in [0.05, 0.1) is 5.03 Å². The van der Waals surface area contributed by atoms with Gasteiger partial charge in [-0.05, 0) is 43.2 Å². The summed E-state index contributed by atoms with van der Waals surface area (Å²) in [5, 5.41) is 24.0. The first-order chi connectivity index (χ1) is 14.7. The Morgan fingerprint density at radius 2 is 1.94 bits per heavy atom. The number of nitrogens with zero attached hydrogens (tertiary/aromatic N) is 1. The minimum Gasteiger partial charge on any atom is -0.481 e. The number of nitrogens with one attached hydrogen (secondary N) is 3. The van der Waals surface area contributed by atoms with Gasteiger partial charge in [-0.1, -0.05) is 11.8 Å². The lowest BCUT2D eigenvalue weighted by molar-refractivity contribution is -0.140. The van der Waals surface area contributed by atoms with Gasteiger partial charge in [-0.2, -0.15) is 0 Å². The second-order valence-electron chi connectivity index (χ2n) is 6.88. The van der Waals surface area contributed by atoms with Crippen LogP contribution in [0.5, 0.6) is 0 Å². The molecule has 1 amide bonds. The van der Waals surface area contributed by atoms with Crippen molar-refractivity contribution in [3.63, 3.8) is 0 Å². The number of aliphatic imine (C=N–C) groups is 1. The molecule has 2 aromatic rings. The van der Waals surface area contributed by atoms with Crippen LogP contribution in [-0.2, 0) is 9.59 Å². The van der Waals surface area contributed by atoms with Crippen LogP contribution >= 0.6 is 11.8 Å². The predicted octanol–water partition coefficient (Wildman–Crippen LogP) is 1.22. The summed E-state index contributed by atoms with van der Waals surface area (Å²) in [4.78, 5) is 42.4. The van der Waals surface area contributed by atoms with E-state index in [1.54, 1.807) is 24.3 Å². The fourth-order valence-electron chi connectivity index (χ4n) is 3.09. The monoisotopic (exact) mass is 446 g/mol. The van der Waals surface area contributed by atoms with E-state index < -0.39 is 30.1 Å². The number of hydrogen-bond acceptors (Lipinski definition) is 8. The molecule has 1 unspecified atom stereocenters. The Morgan fingerprint density at radius 3 is 2.55 bits per heavy atom. The molecule has 2 atom stereocenters. The maximum Gasteiger partial charge on any atom is 0.326 e. The molecule has 9 N–H and O–H groups in total. The van der Waals surface area contributed by atoms with E-state index in [2.05, 4.69) is 20.6 Å². The van der Waals surface area contributed by atoms with Crippen LogP contribution in [0.1, 0.15) is 40.5 Å². The topological polar surface area (TPSA) is 196 Å². The van der Waals surface area contributed by atoms with Gasteiger partial charge in [0.15, 0.2) is 5.96 Å².